The van der Waals surface area contributed by atoms with E-state index < -0.39 is 0 Å². The minimum Gasteiger partial charge on any atom is -0.464 e. The average molecular weight is 259 g/mol. The van der Waals surface area contributed by atoms with Crippen molar-refractivity contribution in [2.45, 2.75) is 19.9 Å². The summed E-state index contributed by atoms with van der Waals surface area (Å²) in [5.41, 5.74) is 1.23. The second kappa shape index (κ2) is 5.56. The molecule has 0 aliphatic carbocycles. The van der Waals surface area contributed by atoms with Crippen LogP contribution in [0.1, 0.15) is 35.0 Å². The van der Waals surface area contributed by atoms with E-state index in [4.69, 9.17) is 4.42 Å². The van der Waals surface area contributed by atoms with Crippen molar-refractivity contribution in [1.82, 2.24) is 10.3 Å². The fourth-order valence-electron chi connectivity index (χ4n) is 1.74. The summed E-state index contributed by atoms with van der Waals surface area (Å²) in [5.74, 6) is 1.33. The first kappa shape index (κ1) is 13.1. The van der Waals surface area contributed by atoms with Crippen molar-refractivity contribution in [1.29, 1.82) is 0 Å². The Morgan fingerprint density at radius 1 is 1.37 bits per heavy atom. The van der Waals surface area contributed by atoms with Gasteiger partial charge in [0.2, 0.25) is 0 Å². The lowest BCUT2D eigenvalue weighted by Gasteiger charge is -2.11. The molecule has 0 radical (unpaired) electrons. The number of aryl methyl sites for hydroxylation is 1. The van der Waals surface area contributed by atoms with Crippen molar-refractivity contribution in [3.8, 4) is 0 Å². The van der Waals surface area contributed by atoms with Gasteiger partial charge < -0.3 is 15.1 Å². The largest absolute Gasteiger partial charge is 0.464 e. The molecular formula is C14H17N3O2. The Bertz CT molecular complexity index is 578. The van der Waals surface area contributed by atoms with Crippen LogP contribution in [0.2, 0.25) is 0 Å². The Labute approximate surface area is 112 Å². The van der Waals surface area contributed by atoms with Gasteiger partial charge in [-0.3, -0.25) is 9.78 Å². The fraction of sp³-hybridized carbons (Fsp3) is 0.286. The van der Waals surface area contributed by atoms with Crippen molar-refractivity contribution in [2.24, 2.45) is 0 Å². The number of nitrogens with zero attached hydrogens (tertiary/aromatic N) is 1. The van der Waals surface area contributed by atoms with Gasteiger partial charge in [0.15, 0.2) is 0 Å². The van der Waals surface area contributed by atoms with Gasteiger partial charge in [-0.2, -0.15) is 0 Å². The monoisotopic (exact) mass is 259 g/mol. The van der Waals surface area contributed by atoms with E-state index in [2.05, 4.69) is 15.6 Å². The molecule has 0 aromatic carbocycles. The molecule has 2 rings (SSSR count). The summed E-state index contributed by atoms with van der Waals surface area (Å²) in [7, 11) is 1.80. The second-order valence-electron chi connectivity index (χ2n) is 4.32. The number of carbonyl (C=O) groups excluding carboxylic acids is 1. The molecule has 0 fully saturated rings. The summed E-state index contributed by atoms with van der Waals surface area (Å²) in [5, 5.41) is 5.83. The van der Waals surface area contributed by atoms with Crippen molar-refractivity contribution >= 4 is 11.6 Å². The number of rotatable bonds is 4. The summed E-state index contributed by atoms with van der Waals surface area (Å²) < 4.78 is 5.48. The number of furan rings is 1. The maximum atomic E-state index is 12.1. The van der Waals surface area contributed by atoms with Gasteiger partial charge in [-0.05, 0) is 38.1 Å². The first-order chi connectivity index (χ1) is 9.10. The zero-order valence-corrected chi connectivity index (χ0v) is 11.2. The zero-order valence-electron chi connectivity index (χ0n) is 11.2. The van der Waals surface area contributed by atoms with Gasteiger partial charge >= 0.3 is 0 Å². The molecule has 1 atom stereocenters. The lowest BCUT2D eigenvalue weighted by atomic mass is 10.2. The van der Waals surface area contributed by atoms with Gasteiger partial charge in [-0.25, -0.2) is 0 Å². The van der Waals surface area contributed by atoms with Crippen LogP contribution in [-0.2, 0) is 0 Å². The number of amides is 1. The Morgan fingerprint density at radius 3 is 2.79 bits per heavy atom. The van der Waals surface area contributed by atoms with E-state index in [0.717, 1.165) is 17.2 Å². The molecule has 2 aromatic heterocycles. The summed E-state index contributed by atoms with van der Waals surface area (Å²) in [6.07, 6.45) is 1.60. The molecule has 1 unspecified atom stereocenters. The molecule has 0 spiro atoms. The number of carbonyl (C=O) groups is 1. The van der Waals surface area contributed by atoms with Gasteiger partial charge in [0, 0.05) is 18.9 Å². The van der Waals surface area contributed by atoms with Crippen LogP contribution >= 0.6 is 0 Å². The minimum absolute atomic E-state index is 0.193. The molecule has 0 saturated carbocycles. The Morgan fingerprint density at radius 2 is 2.16 bits per heavy atom. The molecule has 100 valence electrons. The molecule has 5 heteroatoms. The normalized spacial score (nSPS) is 11.9. The number of anilines is 1. The number of nitrogens with one attached hydrogen (secondary N) is 2. The SMILES string of the molecule is CNc1ccnc(C(=O)NC(C)c2ccc(C)o2)c1. The van der Waals surface area contributed by atoms with E-state index in [1.54, 1.807) is 25.4 Å². The van der Waals surface area contributed by atoms with Gasteiger partial charge in [0.1, 0.15) is 17.2 Å². The molecule has 0 saturated heterocycles. The quantitative estimate of drug-likeness (QED) is 0.885. The highest BCUT2D eigenvalue weighted by Crippen LogP contribution is 2.16. The smallest absolute Gasteiger partial charge is 0.270 e. The number of hydrogen-bond acceptors (Lipinski definition) is 4. The summed E-state index contributed by atoms with van der Waals surface area (Å²) in [4.78, 5) is 16.1. The molecular weight excluding hydrogens is 242 g/mol. The van der Waals surface area contributed by atoms with Crippen molar-refractivity contribution in [3.05, 3.63) is 47.7 Å². The van der Waals surface area contributed by atoms with Crippen LogP contribution in [0.25, 0.3) is 0 Å². The van der Waals surface area contributed by atoms with E-state index >= 15 is 0 Å². The lowest BCUT2D eigenvalue weighted by Crippen LogP contribution is -2.27. The highest BCUT2D eigenvalue weighted by Gasteiger charge is 2.15. The van der Waals surface area contributed by atoms with Gasteiger partial charge in [0.25, 0.3) is 5.91 Å². The summed E-state index contributed by atoms with van der Waals surface area (Å²) in [6.45, 7) is 3.74. The summed E-state index contributed by atoms with van der Waals surface area (Å²) in [6, 6.07) is 7.04. The number of pyridine rings is 1. The second-order valence-corrected chi connectivity index (χ2v) is 4.32. The highest BCUT2D eigenvalue weighted by molar-refractivity contribution is 5.93. The minimum atomic E-state index is -0.223. The number of aromatic nitrogens is 1. The van der Waals surface area contributed by atoms with Gasteiger partial charge in [0.05, 0.1) is 6.04 Å². The van der Waals surface area contributed by atoms with Crippen molar-refractivity contribution < 1.29 is 9.21 Å². The third-order valence-electron chi connectivity index (χ3n) is 2.82. The highest BCUT2D eigenvalue weighted by atomic mass is 16.3. The molecule has 2 aromatic rings. The van der Waals surface area contributed by atoms with Crippen LogP contribution in [0.4, 0.5) is 5.69 Å². The van der Waals surface area contributed by atoms with E-state index in [-0.39, 0.29) is 11.9 Å². The van der Waals surface area contributed by atoms with Gasteiger partial charge in [-0.1, -0.05) is 0 Å². The Balaban J connectivity index is 2.08. The van der Waals surface area contributed by atoms with Crippen molar-refractivity contribution in [2.75, 3.05) is 12.4 Å². The van der Waals surface area contributed by atoms with Crippen LogP contribution in [0.15, 0.2) is 34.9 Å². The maximum absolute atomic E-state index is 12.1. The molecule has 0 aliphatic heterocycles. The molecule has 0 aliphatic rings. The van der Waals surface area contributed by atoms with Crippen LogP contribution in [0, 0.1) is 6.92 Å². The van der Waals surface area contributed by atoms with Crippen molar-refractivity contribution in [3.63, 3.8) is 0 Å². The van der Waals surface area contributed by atoms with E-state index in [0.29, 0.717) is 5.69 Å². The third kappa shape index (κ3) is 3.13. The molecule has 2 heterocycles. The predicted molar refractivity (Wildman–Crippen MR) is 73.1 cm³/mol. The molecule has 1 amide bonds. The van der Waals surface area contributed by atoms with Crippen LogP contribution in [0.5, 0.6) is 0 Å². The third-order valence-corrected chi connectivity index (χ3v) is 2.82. The molecule has 19 heavy (non-hydrogen) atoms. The van der Waals surface area contributed by atoms with Crippen LogP contribution < -0.4 is 10.6 Å². The number of hydrogen-bond donors (Lipinski definition) is 2. The average Bonchev–Trinajstić information content (AvgIpc) is 2.85. The van der Waals surface area contributed by atoms with Crippen LogP contribution in [-0.4, -0.2) is 17.9 Å². The Hall–Kier alpha value is -2.30. The lowest BCUT2D eigenvalue weighted by molar-refractivity contribution is 0.0930. The van der Waals surface area contributed by atoms with Crippen LogP contribution in [0.3, 0.4) is 0 Å². The Kier molecular flexibility index (Phi) is 3.85. The standard InChI is InChI=1S/C14H17N3O2/c1-9-4-5-13(19-9)10(2)17-14(18)12-8-11(15-3)6-7-16-12/h4-8,10H,1-3H3,(H,15,16)(H,17,18). The molecule has 2 N–H and O–H groups in total. The summed E-state index contributed by atoms with van der Waals surface area (Å²) >= 11 is 0. The van der Waals surface area contributed by atoms with Gasteiger partial charge in [-0.15, -0.1) is 0 Å². The topological polar surface area (TPSA) is 67.2 Å². The molecule has 0 bridgehead atoms. The first-order valence-electron chi connectivity index (χ1n) is 6.11. The first-order valence-corrected chi connectivity index (χ1v) is 6.11. The maximum Gasteiger partial charge on any atom is 0.270 e. The van der Waals surface area contributed by atoms with E-state index in [1.807, 2.05) is 26.0 Å². The van der Waals surface area contributed by atoms with E-state index in [1.165, 1.54) is 0 Å². The predicted octanol–water partition coefficient (Wildman–Crippen LogP) is 2.52. The molecule has 5 nitrogen and oxygen atoms in total. The van der Waals surface area contributed by atoms with E-state index in [9.17, 15) is 4.79 Å². The fourth-order valence-corrected chi connectivity index (χ4v) is 1.74. The zero-order chi connectivity index (χ0) is 13.8.